The van der Waals surface area contributed by atoms with Gasteiger partial charge in [-0.2, -0.15) is 0 Å². The molecule has 2 aliphatic rings. The quantitative estimate of drug-likeness (QED) is 0.286. The van der Waals surface area contributed by atoms with Gasteiger partial charge in [0.25, 0.3) is 5.91 Å². The summed E-state index contributed by atoms with van der Waals surface area (Å²) in [6, 6.07) is 16.9. The molecule has 6 nitrogen and oxygen atoms in total. The first-order valence-corrected chi connectivity index (χ1v) is 13.3. The number of likely N-dealkylation sites (tertiary alicyclic amines) is 1. The molecular formula is C30H30ClFN2O4. The van der Waals surface area contributed by atoms with Crippen LogP contribution in [0.25, 0.3) is 11.1 Å². The second-order valence-corrected chi connectivity index (χ2v) is 10.4. The number of ether oxygens (including phenoxy) is 1. The molecule has 1 heterocycles. The summed E-state index contributed by atoms with van der Waals surface area (Å²) in [4.78, 5) is 28.1. The number of Topliss-reactive ketones (excluding diaryl/α,β-unsaturated/α-hetero) is 1. The van der Waals surface area contributed by atoms with Gasteiger partial charge in [-0.05, 0) is 74.1 Å². The molecule has 1 aliphatic carbocycles. The Hall–Kier alpha value is -3.26. The van der Waals surface area contributed by atoms with Crippen LogP contribution in [0.4, 0.5) is 4.39 Å². The standard InChI is InChI=1S/C30H30ClFN2O4/c1-19(33-29(36)28(35)22-6-4-5-21(17-22)20-7-10-24(32)11-8-20)30(37,34-15-2-3-16-34)23-9-14-27(26(31)18-23)38-25-12-13-25/h4-11,14,17-19,25,37H,2-3,12-13,15-16H2,1H3,(H,33,36)/t19-,30+/m1/s1. The van der Waals surface area contributed by atoms with Gasteiger partial charge in [-0.1, -0.05) is 48.0 Å². The number of hydrogen-bond donors (Lipinski definition) is 2. The van der Waals surface area contributed by atoms with Crippen molar-refractivity contribution in [3.63, 3.8) is 0 Å². The molecule has 1 aliphatic heterocycles. The highest BCUT2D eigenvalue weighted by Gasteiger charge is 2.44. The van der Waals surface area contributed by atoms with Gasteiger partial charge in [0.05, 0.1) is 17.2 Å². The molecule has 3 aromatic rings. The molecular weight excluding hydrogens is 507 g/mol. The molecule has 0 bridgehead atoms. The third-order valence-corrected chi connectivity index (χ3v) is 7.52. The van der Waals surface area contributed by atoms with Crippen LogP contribution in [-0.4, -0.2) is 46.9 Å². The summed E-state index contributed by atoms with van der Waals surface area (Å²) in [5.74, 6) is -1.34. The Kier molecular flexibility index (Phi) is 7.52. The number of hydrogen-bond acceptors (Lipinski definition) is 5. The maximum absolute atomic E-state index is 13.3. The minimum Gasteiger partial charge on any atom is -0.489 e. The third-order valence-electron chi connectivity index (χ3n) is 7.22. The molecule has 8 heteroatoms. The molecule has 3 aromatic carbocycles. The number of halogens is 2. The van der Waals surface area contributed by atoms with E-state index in [1.807, 2.05) is 4.90 Å². The van der Waals surface area contributed by atoms with Crippen LogP contribution in [0.2, 0.25) is 5.02 Å². The summed E-state index contributed by atoms with van der Waals surface area (Å²) in [6.07, 6.45) is 4.00. The number of aliphatic hydroxyl groups is 1. The Morgan fingerprint density at radius 3 is 2.42 bits per heavy atom. The van der Waals surface area contributed by atoms with Crippen LogP contribution >= 0.6 is 11.6 Å². The van der Waals surface area contributed by atoms with E-state index in [0.717, 1.165) is 31.2 Å². The van der Waals surface area contributed by atoms with Gasteiger partial charge in [-0.3, -0.25) is 14.5 Å². The van der Waals surface area contributed by atoms with Crippen molar-refractivity contribution in [3.8, 4) is 16.9 Å². The molecule has 1 saturated heterocycles. The number of rotatable bonds is 9. The van der Waals surface area contributed by atoms with Gasteiger partial charge in [0.1, 0.15) is 11.6 Å². The van der Waals surface area contributed by atoms with Gasteiger partial charge in [0, 0.05) is 24.2 Å². The lowest BCUT2D eigenvalue weighted by Crippen LogP contribution is -2.59. The molecule has 2 fully saturated rings. The molecule has 0 spiro atoms. The Balaban J connectivity index is 1.37. The van der Waals surface area contributed by atoms with Crippen LogP contribution in [0.15, 0.2) is 66.7 Å². The highest BCUT2D eigenvalue weighted by atomic mass is 35.5. The fraction of sp³-hybridized carbons (Fsp3) is 0.333. The highest BCUT2D eigenvalue weighted by molar-refractivity contribution is 6.43. The van der Waals surface area contributed by atoms with Crippen molar-refractivity contribution in [3.05, 3.63) is 88.7 Å². The summed E-state index contributed by atoms with van der Waals surface area (Å²) in [5, 5.41) is 15.2. The molecule has 0 aromatic heterocycles. The Morgan fingerprint density at radius 2 is 1.76 bits per heavy atom. The molecule has 38 heavy (non-hydrogen) atoms. The van der Waals surface area contributed by atoms with Crippen molar-refractivity contribution in [2.75, 3.05) is 13.1 Å². The molecule has 2 atom stereocenters. The third kappa shape index (κ3) is 5.46. The first kappa shape index (κ1) is 26.4. The number of carbonyl (C=O) groups excluding carboxylic acids is 2. The summed E-state index contributed by atoms with van der Waals surface area (Å²) >= 11 is 6.51. The largest absolute Gasteiger partial charge is 0.489 e. The normalized spacial score (nSPS) is 18.0. The van der Waals surface area contributed by atoms with Crippen LogP contribution in [0.3, 0.4) is 0 Å². The van der Waals surface area contributed by atoms with Crippen LogP contribution in [0.5, 0.6) is 5.75 Å². The van der Waals surface area contributed by atoms with Gasteiger partial charge in [0.15, 0.2) is 5.72 Å². The maximum Gasteiger partial charge on any atom is 0.292 e. The fourth-order valence-corrected chi connectivity index (χ4v) is 5.16. The summed E-state index contributed by atoms with van der Waals surface area (Å²) in [5.41, 5.74) is 0.555. The van der Waals surface area contributed by atoms with Crippen LogP contribution < -0.4 is 10.1 Å². The molecule has 198 valence electrons. The lowest BCUT2D eigenvalue weighted by atomic mass is 9.93. The zero-order valence-corrected chi connectivity index (χ0v) is 21.9. The zero-order chi connectivity index (χ0) is 26.9. The van der Waals surface area contributed by atoms with Gasteiger partial charge >= 0.3 is 0 Å². The molecule has 0 unspecified atom stereocenters. The second kappa shape index (κ2) is 10.8. The summed E-state index contributed by atoms with van der Waals surface area (Å²) < 4.78 is 19.2. The van der Waals surface area contributed by atoms with E-state index in [0.29, 0.717) is 35.0 Å². The minimum atomic E-state index is -1.58. The van der Waals surface area contributed by atoms with Gasteiger partial charge in [-0.15, -0.1) is 0 Å². The predicted molar refractivity (Wildman–Crippen MR) is 144 cm³/mol. The van der Waals surface area contributed by atoms with E-state index in [4.69, 9.17) is 16.3 Å². The number of nitrogens with one attached hydrogen (secondary N) is 1. The molecule has 5 rings (SSSR count). The molecule has 1 saturated carbocycles. The first-order valence-electron chi connectivity index (χ1n) is 12.9. The molecule has 2 N–H and O–H groups in total. The molecule has 0 radical (unpaired) electrons. The van der Waals surface area contributed by atoms with Gasteiger partial charge in [0.2, 0.25) is 5.78 Å². The minimum absolute atomic E-state index is 0.182. The maximum atomic E-state index is 13.3. The van der Waals surface area contributed by atoms with E-state index in [1.165, 1.54) is 12.1 Å². The van der Waals surface area contributed by atoms with E-state index in [2.05, 4.69) is 5.32 Å². The van der Waals surface area contributed by atoms with Crippen LogP contribution in [0, 0.1) is 5.82 Å². The molecule has 1 amide bonds. The predicted octanol–water partition coefficient (Wildman–Crippen LogP) is 5.32. The second-order valence-electron chi connectivity index (χ2n) is 9.99. The van der Waals surface area contributed by atoms with Crippen molar-refractivity contribution in [1.82, 2.24) is 10.2 Å². The van der Waals surface area contributed by atoms with E-state index in [1.54, 1.807) is 61.5 Å². The van der Waals surface area contributed by atoms with E-state index in [9.17, 15) is 19.1 Å². The van der Waals surface area contributed by atoms with E-state index >= 15 is 0 Å². The van der Waals surface area contributed by atoms with Crippen LogP contribution in [-0.2, 0) is 10.5 Å². The number of benzene rings is 3. The average molecular weight is 537 g/mol. The Bertz CT molecular complexity index is 1340. The summed E-state index contributed by atoms with van der Waals surface area (Å²) in [6.45, 7) is 2.96. The smallest absolute Gasteiger partial charge is 0.292 e. The van der Waals surface area contributed by atoms with Gasteiger partial charge < -0.3 is 15.2 Å². The number of nitrogens with zero attached hydrogens (tertiary/aromatic N) is 1. The fourth-order valence-electron chi connectivity index (χ4n) is 4.93. The number of carbonyl (C=O) groups is 2. The lowest BCUT2D eigenvalue weighted by Gasteiger charge is -2.42. The number of amides is 1. The lowest BCUT2D eigenvalue weighted by molar-refractivity contribution is -0.139. The Labute approximate surface area is 226 Å². The topological polar surface area (TPSA) is 78.9 Å². The van der Waals surface area contributed by atoms with Crippen molar-refractivity contribution in [1.29, 1.82) is 0 Å². The average Bonchev–Trinajstić information content (AvgIpc) is 3.57. The van der Waals surface area contributed by atoms with Crippen molar-refractivity contribution in [2.24, 2.45) is 0 Å². The van der Waals surface area contributed by atoms with Crippen molar-refractivity contribution >= 4 is 23.3 Å². The van der Waals surface area contributed by atoms with Crippen LogP contribution in [0.1, 0.15) is 48.5 Å². The zero-order valence-electron chi connectivity index (χ0n) is 21.1. The van der Waals surface area contributed by atoms with E-state index in [-0.39, 0.29) is 17.5 Å². The van der Waals surface area contributed by atoms with Crippen molar-refractivity contribution < 1.29 is 23.8 Å². The van der Waals surface area contributed by atoms with Crippen molar-refractivity contribution in [2.45, 2.75) is 50.5 Å². The monoisotopic (exact) mass is 536 g/mol. The summed E-state index contributed by atoms with van der Waals surface area (Å²) in [7, 11) is 0. The SMILES string of the molecule is C[C@@H](NC(=O)C(=O)c1cccc(-c2ccc(F)cc2)c1)[C@](O)(c1ccc(OC2CC2)c(Cl)c1)N1CCCC1. The first-order chi connectivity index (χ1) is 18.3. The highest BCUT2D eigenvalue weighted by Crippen LogP contribution is 2.38. The Morgan fingerprint density at radius 1 is 1.05 bits per heavy atom. The number of ketones is 1. The van der Waals surface area contributed by atoms with Gasteiger partial charge in [-0.25, -0.2) is 4.39 Å². The van der Waals surface area contributed by atoms with E-state index < -0.39 is 23.5 Å².